The third kappa shape index (κ3) is 2.74. The Balaban J connectivity index is 2.92. The first-order valence-electron chi connectivity index (χ1n) is 5.72. The number of H-pyrrole nitrogens is 1. The molecule has 0 aromatic carbocycles. The van der Waals surface area contributed by atoms with Crippen LogP contribution >= 0.6 is 0 Å². The van der Waals surface area contributed by atoms with Crippen LogP contribution in [-0.4, -0.2) is 9.78 Å². The van der Waals surface area contributed by atoms with Crippen LogP contribution in [0.5, 0.6) is 0 Å². The summed E-state index contributed by atoms with van der Waals surface area (Å²) in [6, 6.07) is 0. The normalized spacial score (nSPS) is 11.7. The van der Waals surface area contributed by atoms with Gasteiger partial charge in [0.1, 0.15) is 0 Å². The Labute approximate surface area is 91.5 Å². The van der Waals surface area contributed by atoms with Crippen molar-refractivity contribution in [2.45, 2.75) is 53.5 Å². The third-order valence-electron chi connectivity index (χ3n) is 2.69. The van der Waals surface area contributed by atoms with E-state index in [1.807, 2.05) is 6.92 Å². The van der Waals surface area contributed by atoms with Gasteiger partial charge in [-0.3, -0.25) is 14.6 Å². The first-order chi connectivity index (χ1) is 6.93. The number of aromatic amines is 1. The zero-order valence-electron chi connectivity index (χ0n) is 10.4. The minimum absolute atomic E-state index is 0.156. The lowest BCUT2D eigenvalue weighted by molar-refractivity contribution is 0.477. The summed E-state index contributed by atoms with van der Waals surface area (Å²) in [5.74, 6) is 0.928. The molecule has 0 atom stereocenters. The Hall–Kier alpha value is -0.990. The fraction of sp³-hybridized carbons (Fsp3) is 0.750. The van der Waals surface area contributed by atoms with E-state index in [4.69, 9.17) is 0 Å². The Bertz CT molecular complexity index is 371. The smallest absolute Gasteiger partial charge is 0.270 e. The van der Waals surface area contributed by atoms with E-state index in [2.05, 4.69) is 32.8 Å². The van der Waals surface area contributed by atoms with Gasteiger partial charge >= 0.3 is 0 Å². The molecule has 1 N–H and O–H groups in total. The second-order valence-electron chi connectivity index (χ2n) is 4.94. The van der Waals surface area contributed by atoms with E-state index >= 15 is 0 Å². The second kappa shape index (κ2) is 4.69. The summed E-state index contributed by atoms with van der Waals surface area (Å²) in [7, 11) is 0. The van der Waals surface area contributed by atoms with Gasteiger partial charge < -0.3 is 0 Å². The maximum atomic E-state index is 12.0. The van der Waals surface area contributed by atoms with Gasteiger partial charge in [-0.15, -0.1) is 0 Å². The average molecular weight is 210 g/mol. The fourth-order valence-corrected chi connectivity index (χ4v) is 1.84. The molecule has 3 nitrogen and oxygen atoms in total. The van der Waals surface area contributed by atoms with Crippen LogP contribution in [-0.2, 0) is 6.54 Å². The van der Waals surface area contributed by atoms with Crippen LogP contribution in [0.2, 0.25) is 0 Å². The monoisotopic (exact) mass is 210 g/mol. The lowest BCUT2D eigenvalue weighted by atomic mass is 10.1. The largest absolute Gasteiger partial charge is 0.300 e. The standard InChI is InChI=1S/C12H22N2O/c1-8(2)6-7-14-12(15)11(9(3)4)10(5)13-14/h8-9,13H,6-7H2,1-5H3. The van der Waals surface area contributed by atoms with Crippen LogP contribution in [0.25, 0.3) is 0 Å². The topological polar surface area (TPSA) is 37.8 Å². The van der Waals surface area contributed by atoms with Crippen LogP contribution in [0.3, 0.4) is 0 Å². The van der Waals surface area contributed by atoms with Crippen molar-refractivity contribution >= 4 is 0 Å². The van der Waals surface area contributed by atoms with Gasteiger partial charge in [-0.25, -0.2) is 0 Å². The van der Waals surface area contributed by atoms with Crippen molar-refractivity contribution in [1.29, 1.82) is 0 Å². The molecule has 0 aliphatic rings. The summed E-state index contributed by atoms with van der Waals surface area (Å²) in [4.78, 5) is 12.0. The number of aryl methyl sites for hydroxylation is 2. The Kier molecular flexibility index (Phi) is 3.77. The molecule has 0 unspecified atom stereocenters. The minimum atomic E-state index is 0.156. The van der Waals surface area contributed by atoms with Crippen molar-refractivity contribution in [1.82, 2.24) is 9.78 Å². The van der Waals surface area contributed by atoms with E-state index in [9.17, 15) is 4.79 Å². The third-order valence-corrected chi connectivity index (χ3v) is 2.69. The summed E-state index contributed by atoms with van der Waals surface area (Å²) >= 11 is 0. The molecule has 1 rings (SSSR count). The average Bonchev–Trinajstić information content (AvgIpc) is 2.37. The molecular formula is C12H22N2O. The molecule has 0 saturated heterocycles. The minimum Gasteiger partial charge on any atom is -0.300 e. The van der Waals surface area contributed by atoms with E-state index < -0.39 is 0 Å². The predicted octanol–water partition coefficient (Wildman–Crippen LogP) is 2.65. The van der Waals surface area contributed by atoms with Gasteiger partial charge in [0.2, 0.25) is 0 Å². The highest BCUT2D eigenvalue weighted by atomic mass is 16.1. The molecule has 0 bridgehead atoms. The Morgan fingerprint density at radius 2 is 1.87 bits per heavy atom. The van der Waals surface area contributed by atoms with E-state index in [-0.39, 0.29) is 5.56 Å². The molecule has 1 aromatic heterocycles. The van der Waals surface area contributed by atoms with Gasteiger partial charge in [0.05, 0.1) is 0 Å². The quantitative estimate of drug-likeness (QED) is 0.815. The number of nitrogens with zero attached hydrogens (tertiary/aromatic N) is 1. The maximum absolute atomic E-state index is 12.0. The molecule has 0 aliphatic heterocycles. The van der Waals surface area contributed by atoms with Crippen molar-refractivity contribution < 1.29 is 0 Å². The van der Waals surface area contributed by atoms with Crippen LogP contribution in [0.4, 0.5) is 0 Å². The molecule has 0 amide bonds. The van der Waals surface area contributed by atoms with Gasteiger partial charge in [-0.1, -0.05) is 27.7 Å². The summed E-state index contributed by atoms with van der Waals surface area (Å²) in [5, 5.41) is 3.15. The van der Waals surface area contributed by atoms with E-state index in [1.54, 1.807) is 4.68 Å². The number of rotatable bonds is 4. The molecular weight excluding hydrogens is 188 g/mol. The summed E-state index contributed by atoms with van der Waals surface area (Å²) in [6.07, 6.45) is 1.04. The molecule has 0 spiro atoms. The molecule has 15 heavy (non-hydrogen) atoms. The Morgan fingerprint density at radius 3 is 2.27 bits per heavy atom. The highest BCUT2D eigenvalue weighted by Gasteiger charge is 2.13. The van der Waals surface area contributed by atoms with Gasteiger partial charge in [-0.2, -0.15) is 0 Å². The van der Waals surface area contributed by atoms with E-state index in [0.717, 1.165) is 24.2 Å². The van der Waals surface area contributed by atoms with Crippen molar-refractivity contribution in [3.05, 3.63) is 21.6 Å². The van der Waals surface area contributed by atoms with Gasteiger partial charge in [0, 0.05) is 17.8 Å². The van der Waals surface area contributed by atoms with Crippen molar-refractivity contribution in [2.75, 3.05) is 0 Å². The van der Waals surface area contributed by atoms with Crippen molar-refractivity contribution in [2.24, 2.45) is 5.92 Å². The van der Waals surface area contributed by atoms with Crippen molar-refractivity contribution in [3.63, 3.8) is 0 Å². The summed E-state index contributed by atoms with van der Waals surface area (Å²) < 4.78 is 1.74. The van der Waals surface area contributed by atoms with E-state index in [1.165, 1.54) is 0 Å². The number of hydrogen-bond acceptors (Lipinski definition) is 1. The van der Waals surface area contributed by atoms with Gasteiger partial charge in [0.25, 0.3) is 5.56 Å². The number of nitrogens with one attached hydrogen (secondary N) is 1. The molecule has 1 aromatic rings. The van der Waals surface area contributed by atoms with Crippen LogP contribution in [0.15, 0.2) is 4.79 Å². The maximum Gasteiger partial charge on any atom is 0.270 e. The fourth-order valence-electron chi connectivity index (χ4n) is 1.84. The van der Waals surface area contributed by atoms with Gasteiger partial charge in [0.15, 0.2) is 0 Å². The highest BCUT2D eigenvalue weighted by molar-refractivity contribution is 5.19. The molecule has 0 fully saturated rings. The highest BCUT2D eigenvalue weighted by Crippen LogP contribution is 2.13. The molecule has 3 heteroatoms. The molecule has 1 heterocycles. The number of hydrogen-bond donors (Lipinski definition) is 1. The Morgan fingerprint density at radius 1 is 1.27 bits per heavy atom. The predicted molar refractivity (Wildman–Crippen MR) is 63.3 cm³/mol. The van der Waals surface area contributed by atoms with E-state index in [0.29, 0.717) is 11.8 Å². The molecule has 0 radical (unpaired) electrons. The van der Waals surface area contributed by atoms with Crippen LogP contribution in [0, 0.1) is 12.8 Å². The lowest BCUT2D eigenvalue weighted by Gasteiger charge is -2.04. The molecule has 86 valence electrons. The summed E-state index contributed by atoms with van der Waals surface area (Å²) in [6.45, 7) is 11.2. The summed E-state index contributed by atoms with van der Waals surface area (Å²) in [5.41, 5.74) is 2.10. The van der Waals surface area contributed by atoms with Crippen molar-refractivity contribution in [3.8, 4) is 0 Å². The first kappa shape index (κ1) is 12.1. The number of aromatic nitrogens is 2. The zero-order valence-corrected chi connectivity index (χ0v) is 10.4. The molecule has 0 saturated carbocycles. The SMILES string of the molecule is Cc1[nH]n(CCC(C)C)c(=O)c1C(C)C. The van der Waals surface area contributed by atoms with Crippen LogP contribution < -0.4 is 5.56 Å². The van der Waals surface area contributed by atoms with Crippen LogP contribution in [0.1, 0.15) is 51.3 Å². The zero-order chi connectivity index (χ0) is 11.6. The first-order valence-corrected chi connectivity index (χ1v) is 5.72. The second-order valence-corrected chi connectivity index (χ2v) is 4.94. The van der Waals surface area contributed by atoms with Gasteiger partial charge in [-0.05, 0) is 25.2 Å². The molecule has 0 aliphatic carbocycles. The lowest BCUT2D eigenvalue weighted by Crippen LogP contribution is -2.20.